The molecule has 2 aliphatic rings. The summed E-state index contributed by atoms with van der Waals surface area (Å²) in [5, 5.41) is 5.99. The van der Waals surface area contributed by atoms with Crippen LogP contribution in [0.15, 0.2) is 196 Å². The van der Waals surface area contributed by atoms with Gasteiger partial charge in [0.05, 0.1) is 0 Å². The second kappa shape index (κ2) is 27.4. The molecule has 1 aliphatic heterocycles. The molecule has 0 bridgehead atoms. The van der Waals surface area contributed by atoms with Crippen LogP contribution in [0.2, 0.25) is 0 Å². The highest BCUT2D eigenvalue weighted by molar-refractivity contribution is 5.89. The summed E-state index contributed by atoms with van der Waals surface area (Å²) in [6.07, 6.45) is 14.9. The molecule has 4 heterocycles. The van der Waals surface area contributed by atoms with Crippen LogP contribution in [0.25, 0.3) is 66.1 Å². The predicted molar refractivity (Wildman–Crippen MR) is 376 cm³/mol. The van der Waals surface area contributed by atoms with Crippen molar-refractivity contribution < 1.29 is 0 Å². The maximum Gasteiger partial charge on any atom is 0.197 e. The number of nitrogens with one attached hydrogen (secondary N) is 4. The van der Waals surface area contributed by atoms with Crippen LogP contribution < -0.4 is 27.3 Å². The molecule has 8 aromatic carbocycles. The maximum atomic E-state index is 12.7. The van der Waals surface area contributed by atoms with Crippen molar-refractivity contribution >= 4 is 44.1 Å². The van der Waals surface area contributed by atoms with Crippen molar-refractivity contribution in [2.24, 2.45) is 11.8 Å². The Labute approximate surface area is 519 Å². The fraction of sp³-hybridized carbons (Fsp3) is 0.237. The zero-order valence-corrected chi connectivity index (χ0v) is 53.8. The fourth-order valence-electron chi connectivity index (χ4n) is 12.3. The number of allylic oxidation sites excluding steroid dienone is 3. The number of aryl methyl sites for hydroxylation is 13. The third kappa shape index (κ3) is 15.0. The summed E-state index contributed by atoms with van der Waals surface area (Å²) in [6, 6.07) is 47.0. The number of pyridine rings is 3. The van der Waals surface area contributed by atoms with E-state index in [1.54, 1.807) is 0 Å². The molecule has 0 saturated carbocycles. The van der Waals surface area contributed by atoms with Gasteiger partial charge >= 0.3 is 0 Å². The number of aromatic nitrogens is 3. The minimum Gasteiger partial charge on any atom is -0.399 e. The van der Waals surface area contributed by atoms with Gasteiger partial charge in [0, 0.05) is 91.8 Å². The Morgan fingerprint density at radius 2 is 0.761 bits per heavy atom. The van der Waals surface area contributed by atoms with Crippen molar-refractivity contribution in [1.82, 2.24) is 15.0 Å². The van der Waals surface area contributed by atoms with E-state index >= 15 is 0 Å². The number of benzene rings is 8. The third-order valence-corrected chi connectivity index (χ3v) is 16.7. The zero-order chi connectivity index (χ0) is 63.1. The minimum absolute atomic E-state index is 0.0973. The quantitative estimate of drug-likeness (QED) is 0.112. The number of nitrogen functional groups attached to an aromatic ring is 1. The molecule has 2 atom stereocenters. The Morgan fingerprint density at radius 1 is 0.409 bits per heavy atom. The molecule has 3 aromatic heterocycles. The molecule has 0 radical (unpaired) electrons. The summed E-state index contributed by atoms with van der Waals surface area (Å²) in [4.78, 5) is 47.9. The van der Waals surface area contributed by atoms with Crippen molar-refractivity contribution in [1.29, 1.82) is 0 Å². The lowest BCUT2D eigenvalue weighted by atomic mass is 9.82. The second-order valence-electron chi connectivity index (χ2n) is 24.8. The van der Waals surface area contributed by atoms with Gasteiger partial charge in [-0.15, -0.1) is 0 Å². The van der Waals surface area contributed by atoms with Gasteiger partial charge < -0.3 is 26.0 Å². The molecule has 11 aromatic rings. The Kier molecular flexibility index (Phi) is 19.6. The first-order chi connectivity index (χ1) is 42.0. The topological polar surface area (TPSA) is 137 Å². The Balaban J connectivity index is 0.000000133. The standard InChI is InChI=1S/3C18H17NO.C18H23N.C8H11N/c3*1-11-4-6-14(7-5-11)15-10-19-16-9-12(2)8-13(3)17(16)18(15)20;1-12-4-6-15(7-5-12)16-10-17-14(3)8-13(2)9-18(17)19-11-16;1-6-3-7(2)5-8(9)4-6/h3*4-10H,1-3H3,(H,19,20);4,6-9,12,16,19H,5,10-11H2,1-3H3;3-5H,9H2,1-2H3. The summed E-state index contributed by atoms with van der Waals surface area (Å²) < 4.78 is 0. The predicted octanol–water partition coefficient (Wildman–Crippen LogP) is 18.7. The summed E-state index contributed by atoms with van der Waals surface area (Å²) in [5.41, 5.74) is 34.2. The van der Waals surface area contributed by atoms with Gasteiger partial charge in [-0.3, -0.25) is 14.4 Å². The Bertz CT molecular complexity index is 4210. The van der Waals surface area contributed by atoms with Gasteiger partial charge in [-0.1, -0.05) is 145 Å². The van der Waals surface area contributed by atoms with Gasteiger partial charge in [0.1, 0.15) is 0 Å². The van der Waals surface area contributed by atoms with E-state index in [0.29, 0.717) is 11.8 Å². The van der Waals surface area contributed by atoms with Crippen LogP contribution in [0.1, 0.15) is 91.2 Å². The van der Waals surface area contributed by atoms with Gasteiger partial charge in [-0.05, 0) is 229 Å². The molecule has 2 unspecified atom stereocenters. The van der Waals surface area contributed by atoms with Gasteiger partial charge in [0.15, 0.2) is 16.3 Å². The normalized spacial score (nSPS) is 14.0. The number of hydrogen-bond donors (Lipinski definition) is 5. The summed E-state index contributed by atoms with van der Waals surface area (Å²) >= 11 is 0. The highest BCUT2D eigenvalue weighted by Crippen LogP contribution is 2.34. The van der Waals surface area contributed by atoms with E-state index in [4.69, 9.17) is 5.73 Å². The zero-order valence-electron chi connectivity index (χ0n) is 53.8. The molecular weight excluding hydrogens is 1080 g/mol. The number of aromatic amines is 3. The van der Waals surface area contributed by atoms with Crippen molar-refractivity contribution in [2.45, 2.75) is 110 Å². The average molecular weight is 1160 g/mol. The lowest BCUT2D eigenvalue weighted by molar-refractivity contribution is 0.614. The van der Waals surface area contributed by atoms with Crippen molar-refractivity contribution in [3.63, 3.8) is 0 Å². The SMILES string of the molecule is Cc1cc(C)c2c(c1)NCC(C1=CCC(C)C=C1)C2.Cc1cc(C)cc(N)c1.Cc1ccc(-c2c[nH]c3cc(C)cc(C)c3c2=O)cc1.Cc1ccc(-c2c[nH]c3cc(C)cc(C)c3c2=O)cc1.Cc1ccc(-c2c[nH]c3cc(C)cc(C)c3c2=O)cc1. The Hall–Kier alpha value is -9.53. The van der Waals surface area contributed by atoms with Gasteiger partial charge in [-0.25, -0.2) is 0 Å². The summed E-state index contributed by atoms with van der Waals surface area (Å²) in [5.74, 6) is 1.34. The Morgan fingerprint density at radius 3 is 1.11 bits per heavy atom. The van der Waals surface area contributed by atoms with Crippen LogP contribution in [0.5, 0.6) is 0 Å². The molecular formula is C80H85N5O3. The molecule has 0 amide bonds. The lowest BCUT2D eigenvalue weighted by Gasteiger charge is -2.30. The number of hydrogen-bond acceptors (Lipinski definition) is 5. The van der Waals surface area contributed by atoms with Crippen molar-refractivity contribution in [3.8, 4) is 33.4 Å². The van der Waals surface area contributed by atoms with Crippen molar-refractivity contribution in [3.05, 3.63) is 290 Å². The monoisotopic (exact) mass is 1160 g/mol. The lowest BCUT2D eigenvalue weighted by Crippen LogP contribution is -2.25. The first-order valence-electron chi connectivity index (χ1n) is 30.6. The van der Waals surface area contributed by atoms with E-state index in [1.165, 1.54) is 68.6 Å². The summed E-state index contributed by atoms with van der Waals surface area (Å²) in [7, 11) is 0. The molecule has 8 nitrogen and oxygen atoms in total. The van der Waals surface area contributed by atoms with E-state index in [1.807, 2.05) is 198 Å². The van der Waals surface area contributed by atoms with E-state index in [2.05, 4.69) is 95.7 Å². The smallest absolute Gasteiger partial charge is 0.197 e. The average Bonchev–Trinajstić information content (AvgIpc) is 1.60. The molecule has 448 valence electrons. The van der Waals surface area contributed by atoms with Crippen LogP contribution in [0, 0.1) is 102 Å². The van der Waals surface area contributed by atoms with Crippen LogP contribution in [0.4, 0.5) is 11.4 Å². The van der Waals surface area contributed by atoms with Gasteiger partial charge in [-0.2, -0.15) is 0 Å². The molecule has 88 heavy (non-hydrogen) atoms. The van der Waals surface area contributed by atoms with Crippen LogP contribution in [-0.2, 0) is 6.42 Å². The molecule has 0 spiro atoms. The number of nitrogens with two attached hydrogens (primary N) is 1. The largest absolute Gasteiger partial charge is 0.399 e. The van der Waals surface area contributed by atoms with Crippen LogP contribution in [0.3, 0.4) is 0 Å². The first kappa shape index (κ1) is 63.0. The molecule has 13 rings (SSSR count). The van der Waals surface area contributed by atoms with Gasteiger partial charge in [0.25, 0.3) is 0 Å². The van der Waals surface area contributed by atoms with Crippen LogP contribution in [-0.4, -0.2) is 21.5 Å². The highest BCUT2D eigenvalue weighted by atomic mass is 16.1. The molecule has 1 aliphatic carbocycles. The number of H-pyrrole nitrogens is 3. The highest BCUT2D eigenvalue weighted by Gasteiger charge is 2.23. The number of anilines is 2. The van der Waals surface area contributed by atoms with E-state index in [9.17, 15) is 14.4 Å². The number of rotatable bonds is 4. The van der Waals surface area contributed by atoms with Gasteiger partial charge in [0.2, 0.25) is 0 Å². The third-order valence-electron chi connectivity index (χ3n) is 16.7. The minimum atomic E-state index is 0.0973. The number of fused-ring (bicyclic) bond motifs is 4. The summed E-state index contributed by atoms with van der Waals surface area (Å²) in [6.45, 7) is 30.1. The maximum absolute atomic E-state index is 12.7. The van der Waals surface area contributed by atoms with Crippen molar-refractivity contribution in [2.75, 3.05) is 17.6 Å². The van der Waals surface area contributed by atoms with E-state index < -0.39 is 0 Å². The van der Waals surface area contributed by atoms with E-state index in [0.717, 1.165) is 112 Å². The molecule has 0 saturated heterocycles. The molecule has 0 fully saturated rings. The van der Waals surface area contributed by atoms with Crippen LogP contribution >= 0.6 is 0 Å². The molecule has 6 N–H and O–H groups in total. The second-order valence-corrected chi connectivity index (χ2v) is 24.8. The molecule has 8 heteroatoms. The van der Waals surface area contributed by atoms with E-state index in [-0.39, 0.29) is 16.3 Å². The fourth-order valence-corrected chi connectivity index (χ4v) is 12.3. The first-order valence-corrected chi connectivity index (χ1v) is 30.6.